The van der Waals surface area contributed by atoms with Gasteiger partial charge in [0.25, 0.3) is 0 Å². The third-order valence-electron chi connectivity index (χ3n) is 5.12. The van der Waals surface area contributed by atoms with E-state index < -0.39 is 0 Å². The Morgan fingerprint density at radius 2 is 2.00 bits per heavy atom. The minimum atomic E-state index is 0.561. The van der Waals surface area contributed by atoms with Crippen molar-refractivity contribution in [3.63, 3.8) is 0 Å². The van der Waals surface area contributed by atoms with E-state index in [9.17, 15) is 0 Å². The third-order valence-corrected chi connectivity index (χ3v) is 5.12. The van der Waals surface area contributed by atoms with E-state index >= 15 is 0 Å². The van der Waals surface area contributed by atoms with E-state index in [4.69, 9.17) is 4.74 Å². The first-order valence-electron chi connectivity index (χ1n) is 9.64. The van der Waals surface area contributed by atoms with Crippen molar-refractivity contribution < 1.29 is 4.74 Å². The SMILES string of the molecule is CNCc1nnc2ccc(-c3ncccc3OCCc3c(C)nn(C)c3C)cn12. The normalized spacial score (nSPS) is 11.3. The number of rotatable bonds is 7. The second kappa shape index (κ2) is 8.00. The molecule has 0 radical (unpaired) electrons. The van der Waals surface area contributed by atoms with E-state index in [0.29, 0.717) is 13.2 Å². The second-order valence-electron chi connectivity index (χ2n) is 7.01. The molecule has 150 valence electrons. The summed E-state index contributed by atoms with van der Waals surface area (Å²) in [7, 11) is 3.86. The summed E-state index contributed by atoms with van der Waals surface area (Å²) in [5, 5.41) is 16.0. The highest BCUT2D eigenvalue weighted by Gasteiger charge is 2.13. The monoisotopic (exact) mass is 391 g/mol. The molecule has 4 rings (SSSR count). The molecule has 4 aromatic heterocycles. The fourth-order valence-corrected chi connectivity index (χ4v) is 3.52. The highest BCUT2D eigenvalue weighted by Crippen LogP contribution is 2.28. The average Bonchev–Trinajstić information content (AvgIpc) is 3.23. The molecule has 0 amide bonds. The summed E-state index contributed by atoms with van der Waals surface area (Å²) in [5.74, 6) is 1.61. The Labute approximate surface area is 169 Å². The van der Waals surface area contributed by atoms with Crippen molar-refractivity contribution in [2.24, 2.45) is 7.05 Å². The van der Waals surface area contributed by atoms with Gasteiger partial charge in [0.05, 0.1) is 18.8 Å². The van der Waals surface area contributed by atoms with Gasteiger partial charge < -0.3 is 10.1 Å². The van der Waals surface area contributed by atoms with Gasteiger partial charge in [0.2, 0.25) is 0 Å². The molecule has 0 atom stereocenters. The maximum absolute atomic E-state index is 6.13. The van der Waals surface area contributed by atoms with Crippen molar-refractivity contribution in [1.29, 1.82) is 0 Å². The van der Waals surface area contributed by atoms with Crippen molar-refractivity contribution in [3.8, 4) is 17.0 Å². The first-order chi connectivity index (χ1) is 14.1. The van der Waals surface area contributed by atoms with Crippen LogP contribution in [0, 0.1) is 13.8 Å². The van der Waals surface area contributed by atoms with Gasteiger partial charge in [0.1, 0.15) is 11.4 Å². The number of aryl methyl sites for hydroxylation is 2. The summed E-state index contributed by atoms with van der Waals surface area (Å²) in [5.41, 5.74) is 6.03. The first-order valence-corrected chi connectivity index (χ1v) is 9.64. The van der Waals surface area contributed by atoms with E-state index in [2.05, 4.69) is 32.5 Å². The standard InChI is InChI=1S/C21H25N7O/c1-14-17(15(2)27(4)26-14)9-11-29-18-6-5-10-23-21(18)16-7-8-19-24-25-20(12-22-3)28(19)13-16/h5-8,10,13,22H,9,11-12H2,1-4H3. The van der Waals surface area contributed by atoms with Gasteiger partial charge in [-0.2, -0.15) is 5.10 Å². The van der Waals surface area contributed by atoms with Crippen molar-refractivity contribution >= 4 is 5.65 Å². The quantitative estimate of drug-likeness (QED) is 0.521. The highest BCUT2D eigenvalue weighted by atomic mass is 16.5. The zero-order valence-corrected chi connectivity index (χ0v) is 17.2. The molecule has 8 nitrogen and oxygen atoms in total. The Balaban J connectivity index is 1.58. The summed E-state index contributed by atoms with van der Waals surface area (Å²) in [6, 6.07) is 7.79. The molecule has 0 aliphatic rings. The summed E-state index contributed by atoms with van der Waals surface area (Å²) < 4.78 is 10.0. The van der Waals surface area contributed by atoms with Crippen LogP contribution in [0.25, 0.3) is 16.9 Å². The Morgan fingerprint density at radius 1 is 1.14 bits per heavy atom. The minimum absolute atomic E-state index is 0.561. The Hall–Kier alpha value is -3.26. The summed E-state index contributed by atoms with van der Waals surface area (Å²) >= 11 is 0. The third kappa shape index (κ3) is 3.71. The number of ether oxygens (including phenoxy) is 1. The van der Waals surface area contributed by atoms with Crippen LogP contribution >= 0.6 is 0 Å². The van der Waals surface area contributed by atoms with Gasteiger partial charge >= 0.3 is 0 Å². The molecule has 29 heavy (non-hydrogen) atoms. The van der Waals surface area contributed by atoms with Crippen molar-refractivity contribution in [2.75, 3.05) is 13.7 Å². The van der Waals surface area contributed by atoms with Gasteiger partial charge in [-0.15, -0.1) is 10.2 Å². The van der Waals surface area contributed by atoms with Crippen molar-refractivity contribution in [2.45, 2.75) is 26.8 Å². The van der Waals surface area contributed by atoms with Gasteiger partial charge in [0, 0.05) is 37.1 Å². The number of nitrogens with zero attached hydrogens (tertiary/aromatic N) is 6. The van der Waals surface area contributed by atoms with Gasteiger partial charge in [-0.1, -0.05) is 0 Å². The lowest BCUT2D eigenvalue weighted by molar-refractivity contribution is 0.321. The Morgan fingerprint density at radius 3 is 2.76 bits per heavy atom. The average molecular weight is 391 g/mol. The van der Waals surface area contributed by atoms with Crippen LogP contribution in [0.2, 0.25) is 0 Å². The predicted molar refractivity (Wildman–Crippen MR) is 111 cm³/mol. The maximum Gasteiger partial charge on any atom is 0.160 e. The van der Waals surface area contributed by atoms with Crippen LogP contribution in [-0.2, 0) is 20.0 Å². The number of nitrogens with one attached hydrogen (secondary N) is 1. The molecule has 0 aliphatic carbocycles. The first kappa shape index (κ1) is 19.1. The van der Waals surface area contributed by atoms with Crippen LogP contribution in [0.1, 0.15) is 22.8 Å². The topological polar surface area (TPSA) is 82.2 Å². The molecule has 0 bridgehead atoms. The molecule has 4 heterocycles. The molecule has 0 saturated heterocycles. The van der Waals surface area contributed by atoms with Crippen LogP contribution in [0.5, 0.6) is 5.75 Å². The summed E-state index contributed by atoms with van der Waals surface area (Å²) in [4.78, 5) is 4.57. The van der Waals surface area contributed by atoms with Crippen LogP contribution in [0.15, 0.2) is 36.7 Å². The molecule has 0 aliphatic heterocycles. The largest absolute Gasteiger partial charge is 0.491 e. The summed E-state index contributed by atoms with van der Waals surface area (Å²) in [6.45, 7) is 5.32. The minimum Gasteiger partial charge on any atom is -0.491 e. The fourth-order valence-electron chi connectivity index (χ4n) is 3.52. The van der Waals surface area contributed by atoms with Gasteiger partial charge in [-0.3, -0.25) is 14.1 Å². The van der Waals surface area contributed by atoms with Gasteiger partial charge in [-0.05, 0) is 50.7 Å². The van der Waals surface area contributed by atoms with E-state index in [-0.39, 0.29) is 0 Å². The molecule has 0 spiro atoms. The molecule has 0 saturated carbocycles. The lowest BCUT2D eigenvalue weighted by Crippen LogP contribution is -2.09. The molecule has 0 fully saturated rings. The number of hydrogen-bond donors (Lipinski definition) is 1. The molecular formula is C21H25N7O. The molecule has 0 unspecified atom stereocenters. The number of hydrogen-bond acceptors (Lipinski definition) is 6. The van der Waals surface area contributed by atoms with E-state index in [1.54, 1.807) is 6.20 Å². The number of aromatic nitrogens is 6. The Bertz CT molecular complexity index is 1150. The fraction of sp³-hybridized carbons (Fsp3) is 0.333. The predicted octanol–water partition coefficient (Wildman–Crippen LogP) is 2.48. The highest BCUT2D eigenvalue weighted by molar-refractivity contribution is 5.67. The maximum atomic E-state index is 6.13. The number of fused-ring (bicyclic) bond motifs is 1. The lowest BCUT2D eigenvalue weighted by Gasteiger charge is -2.11. The smallest absolute Gasteiger partial charge is 0.160 e. The molecular weight excluding hydrogens is 366 g/mol. The van der Waals surface area contributed by atoms with Crippen molar-refractivity contribution in [3.05, 3.63) is 59.4 Å². The van der Waals surface area contributed by atoms with Gasteiger partial charge in [0.15, 0.2) is 11.5 Å². The van der Waals surface area contributed by atoms with E-state index in [1.807, 2.05) is 60.6 Å². The van der Waals surface area contributed by atoms with E-state index in [1.165, 1.54) is 11.3 Å². The van der Waals surface area contributed by atoms with Gasteiger partial charge in [-0.25, -0.2) is 0 Å². The van der Waals surface area contributed by atoms with Crippen LogP contribution in [0.3, 0.4) is 0 Å². The zero-order valence-electron chi connectivity index (χ0n) is 17.2. The van der Waals surface area contributed by atoms with Crippen LogP contribution in [0.4, 0.5) is 0 Å². The molecule has 8 heteroatoms. The molecule has 4 aromatic rings. The Kier molecular flexibility index (Phi) is 5.26. The summed E-state index contributed by atoms with van der Waals surface area (Å²) in [6.07, 6.45) is 4.59. The lowest BCUT2D eigenvalue weighted by atomic mass is 10.1. The van der Waals surface area contributed by atoms with Crippen molar-refractivity contribution in [1.82, 2.24) is 34.7 Å². The molecule has 1 N–H and O–H groups in total. The van der Waals surface area contributed by atoms with E-state index in [0.717, 1.165) is 40.6 Å². The zero-order chi connectivity index (χ0) is 20.4. The van der Waals surface area contributed by atoms with Crippen LogP contribution < -0.4 is 10.1 Å². The second-order valence-corrected chi connectivity index (χ2v) is 7.01. The van der Waals surface area contributed by atoms with Crippen LogP contribution in [-0.4, -0.2) is 43.0 Å². The number of pyridine rings is 2. The molecule has 0 aromatic carbocycles.